The Hall–Kier alpha value is -3.46. The fourth-order valence-corrected chi connectivity index (χ4v) is 4.54. The molecular weight excluding hydrogens is 407 g/mol. The van der Waals surface area contributed by atoms with Gasteiger partial charge >= 0.3 is 0 Å². The van der Waals surface area contributed by atoms with E-state index < -0.39 is 15.8 Å². The van der Waals surface area contributed by atoms with Gasteiger partial charge in [0.05, 0.1) is 19.0 Å². The quantitative estimate of drug-likeness (QED) is 0.522. The molecule has 2 heterocycles. The van der Waals surface area contributed by atoms with Crippen LogP contribution in [-0.4, -0.2) is 30.1 Å². The number of anilines is 1. The number of halogens is 1. The zero-order chi connectivity index (χ0) is 21.5. The van der Waals surface area contributed by atoms with Crippen molar-refractivity contribution >= 4 is 21.4 Å². The van der Waals surface area contributed by atoms with Gasteiger partial charge in [-0.3, -0.25) is 4.72 Å². The van der Waals surface area contributed by atoms with E-state index in [4.69, 9.17) is 4.74 Å². The highest BCUT2D eigenvalue weighted by Crippen LogP contribution is 2.33. The number of hydrogen-bond acceptors (Lipinski definition) is 5. The first-order chi connectivity index (χ1) is 14.3. The van der Waals surface area contributed by atoms with Gasteiger partial charge < -0.3 is 4.74 Å². The highest BCUT2D eigenvalue weighted by atomic mass is 32.2. The lowest BCUT2D eigenvalue weighted by Crippen LogP contribution is -2.15. The van der Waals surface area contributed by atoms with Crippen LogP contribution in [0, 0.1) is 19.7 Å². The number of para-hydroxylation sites is 1. The van der Waals surface area contributed by atoms with Gasteiger partial charge in [0.15, 0.2) is 5.65 Å². The van der Waals surface area contributed by atoms with E-state index in [0.717, 1.165) is 11.4 Å². The molecule has 2 aromatic heterocycles. The van der Waals surface area contributed by atoms with Crippen LogP contribution in [0.15, 0.2) is 59.6 Å². The van der Waals surface area contributed by atoms with E-state index in [9.17, 15) is 12.8 Å². The van der Waals surface area contributed by atoms with Crippen LogP contribution in [0.3, 0.4) is 0 Å². The Kier molecular flexibility index (Phi) is 4.90. The maximum atomic E-state index is 14.0. The number of fused-ring (bicyclic) bond motifs is 1. The third-order valence-corrected chi connectivity index (χ3v) is 6.05. The van der Waals surface area contributed by atoms with Crippen LogP contribution < -0.4 is 9.46 Å². The molecule has 0 aliphatic carbocycles. The first-order valence-electron chi connectivity index (χ1n) is 9.08. The summed E-state index contributed by atoms with van der Waals surface area (Å²) in [6.07, 6.45) is 1.64. The van der Waals surface area contributed by atoms with Gasteiger partial charge in [-0.15, -0.1) is 0 Å². The maximum Gasteiger partial charge on any atom is 0.265 e. The van der Waals surface area contributed by atoms with Gasteiger partial charge in [0, 0.05) is 17.0 Å². The number of nitrogens with zero attached hydrogens (tertiary/aromatic N) is 3. The summed E-state index contributed by atoms with van der Waals surface area (Å²) in [4.78, 5) is 4.42. The molecule has 4 aromatic rings. The molecule has 9 heteroatoms. The molecule has 0 aliphatic heterocycles. The van der Waals surface area contributed by atoms with Crippen molar-refractivity contribution in [1.29, 1.82) is 0 Å². The molecule has 0 saturated heterocycles. The number of methoxy groups -OCH3 is 1. The number of ether oxygens (including phenoxy) is 1. The van der Waals surface area contributed by atoms with Crippen LogP contribution in [0.25, 0.3) is 16.8 Å². The fraction of sp³-hybridized carbons (Fsp3) is 0.143. The smallest absolute Gasteiger partial charge is 0.265 e. The molecule has 30 heavy (non-hydrogen) atoms. The predicted molar refractivity (Wildman–Crippen MR) is 112 cm³/mol. The highest BCUT2D eigenvalue weighted by Gasteiger charge is 2.23. The molecule has 0 spiro atoms. The lowest BCUT2D eigenvalue weighted by atomic mass is 10.1. The van der Waals surface area contributed by atoms with Crippen molar-refractivity contribution in [2.24, 2.45) is 0 Å². The molecule has 0 fully saturated rings. The minimum absolute atomic E-state index is 0.116. The normalized spacial score (nSPS) is 11.6. The van der Waals surface area contributed by atoms with Crippen molar-refractivity contribution in [1.82, 2.24) is 14.6 Å². The zero-order valence-corrected chi connectivity index (χ0v) is 17.4. The molecule has 0 bridgehead atoms. The van der Waals surface area contributed by atoms with E-state index >= 15 is 0 Å². The van der Waals surface area contributed by atoms with E-state index in [0.29, 0.717) is 16.8 Å². The number of benzene rings is 2. The van der Waals surface area contributed by atoms with Crippen molar-refractivity contribution < 1.29 is 17.5 Å². The molecule has 154 valence electrons. The molecule has 0 amide bonds. The minimum Gasteiger partial charge on any atom is -0.495 e. The minimum atomic E-state index is -4.12. The topological polar surface area (TPSA) is 85.6 Å². The van der Waals surface area contributed by atoms with Crippen molar-refractivity contribution in [3.8, 4) is 16.9 Å². The second kappa shape index (κ2) is 7.42. The second-order valence-electron chi connectivity index (χ2n) is 6.78. The SMILES string of the molecule is COc1ccc(-c2cnn3c(C)cc(C)nc23)cc1S(=O)(=O)Nc1ccccc1F. The Labute approximate surface area is 173 Å². The molecule has 0 unspecified atom stereocenters. The van der Waals surface area contributed by atoms with E-state index in [1.807, 2.05) is 19.9 Å². The van der Waals surface area contributed by atoms with Gasteiger partial charge in [-0.05, 0) is 49.7 Å². The Morgan fingerprint density at radius 3 is 2.60 bits per heavy atom. The molecular formula is C21H19FN4O3S. The van der Waals surface area contributed by atoms with Crippen LogP contribution in [0.5, 0.6) is 5.75 Å². The standard InChI is InChI=1S/C21H19FN4O3S/c1-13-10-14(2)26-21(24-13)16(12-23-26)15-8-9-19(29-3)20(11-15)30(27,28)25-18-7-5-4-6-17(18)22/h4-12,25H,1-3H3. The average Bonchev–Trinajstić information content (AvgIpc) is 3.13. The Bertz CT molecular complexity index is 1370. The monoisotopic (exact) mass is 426 g/mol. The summed E-state index contributed by atoms with van der Waals surface area (Å²) < 4.78 is 49.3. The van der Waals surface area contributed by atoms with Crippen LogP contribution in [0.1, 0.15) is 11.4 Å². The summed E-state index contributed by atoms with van der Waals surface area (Å²) in [5, 5.41) is 4.36. The van der Waals surface area contributed by atoms with Crippen LogP contribution in [0.2, 0.25) is 0 Å². The van der Waals surface area contributed by atoms with Crippen molar-refractivity contribution in [3.63, 3.8) is 0 Å². The highest BCUT2D eigenvalue weighted by molar-refractivity contribution is 7.92. The Balaban J connectivity index is 1.85. The van der Waals surface area contributed by atoms with Gasteiger partial charge in [0.1, 0.15) is 16.5 Å². The number of nitrogens with one attached hydrogen (secondary N) is 1. The first kappa shape index (κ1) is 19.8. The Morgan fingerprint density at radius 2 is 1.87 bits per heavy atom. The number of hydrogen-bond donors (Lipinski definition) is 1. The summed E-state index contributed by atoms with van der Waals surface area (Å²) in [6.45, 7) is 3.80. The van der Waals surface area contributed by atoms with Crippen LogP contribution in [0.4, 0.5) is 10.1 Å². The summed E-state index contributed by atoms with van der Waals surface area (Å²) in [6, 6.07) is 12.2. The summed E-state index contributed by atoms with van der Waals surface area (Å²) in [5.74, 6) is -0.534. The van der Waals surface area contributed by atoms with Crippen molar-refractivity contribution in [3.05, 3.63) is 71.9 Å². The van der Waals surface area contributed by atoms with Gasteiger partial charge in [-0.1, -0.05) is 18.2 Å². The van der Waals surface area contributed by atoms with E-state index in [-0.39, 0.29) is 16.3 Å². The van der Waals surface area contributed by atoms with E-state index in [1.165, 1.54) is 31.4 Å². The first-order valence-corrected chi connectivity index (χ1v) is 10.6. The number of aromatic nitrogens is 3. The average molecular weight is 426 g/mol. The molecule has 0 atom stereocenters. The third-order valence-electron chi connectivity index (χ3n) is 4.66. The zero-order valence-electron chi connectivity index (χ0n) is 16.5. The van der Waals surface area contributed by atoms with Gasteiger partial charge in [-0.25, -0.2) is 22.3 Å². The number of sulfonamides is 1. The van der Waals surface area contributed by atoms with Gasteiger partial charge in [0.25, 0.3) is 10.0 Å². The van der Waals surface area contributed by atoms with Crippen molar-refractivity contribution in [2.75, 3.05) is 11.8 Å². The van der Waals surface area contributed by atoms with Gasteiger partial charge in [-0.2, -0.15) is 5.10 Å². The molecule has 7 nitrogen and oxygen atoms in total. The lowest BCUT2D eigenvalue weighted by molar-refractivity contribution is 0.403. The Morgan fingerprint density at radius 1 is 1.10 bits per heavy atom. The molecule has 2 aromatic carbocycles. The van der Waals surface area contributed by atoms with Crippen LogP contribution in [-0.2, 0) is 10.0 Å². The number of aryl methyl sites for hydroxylation is 2. The largest absolute Gasteiger partial charge is 0.495 e. The molecule has 1 N–H and O–H groups in total. The van der Waals surface area contributed by atoms with Crippen molar-refractivity contribution in [2.45, 2.75) is 18.7 Å². The molecule has 0 saturated carbocycles. The predicted octanol–water partition coefficient (Wildman–Crippen LogP) is 3.96. The van der Waals surface area contributed by atoms with E-state index in [1.54, 1.807) is 28.9 Å². The molecule has 0 radical (unpaired) electrons. The lowest BCUT2D eigenvalue weighted by Gasteiger charge is -2.13. The molecule has 0 aliphatic rings. The molecule has 4 rings (SSSR count). The number of rotatable bonds is 5. The van der Waals surface area contributed by atoms with Gasteiger partial charge in [0.2, 0.25) is 0 Å². The fourth-order valence-electron chi connectivity index (χ4n) is 3.27. The maximum absolute atomic E-state index is 14.0. The third kappa shape index (κ3) is 3.48. The summed E-state index contributed by atoms with van der Waals surface area (Å²) >= 11 is 0. The van der Waals surface area contributed by atoms with E-state index in [2.05, 4.69) is 14.8 Å². The second-order valence-corrected chi connectivity index (χ2v) is 8.43. The summed E-state index contributed by atoms with van der Waals surface area (Å²) in [5.41, 5.74) is 3.47. The summed E-state index contributed by atoms with van der Waals surface area (Å²) in [7, 11) is -2.75. The van der Waals surface area contributed by atoms with Crippen LogP contribution >= 0.6 is 0 Å².